The monoisotopic (exact) mass is 328 g/mol. The minimum atomic E-state index is -0.350. The molecule has 0 bridgehead atoms. The highest BCUT2D eigenvalue weighted by atomic mass is 19.1. The van der Waals surface area contributed by atoms with Crippen molar-refractivity contribution in [1.82, 2.24) is 25.1 Å². The molecule has 0 aliphatic carbocycles. The first-order valence-electron chi connectivity index (χ1n) is 7.81. The molecule has 1 aliphatic rings. The Bertz CT molecular complexity index is 843. The van der Waals surface area contributed by atoms with Gasteiger partial charge in [-0.2, -0.15) is 5.10 Å². The highest BCUT2D eigenvalue weighted by molar-refractivity contribution is 5.87. The van der Waals surface area contributed by atoms with Gasteiger partial charge in [-0.25, -0.2) is 19.0 Å². The largest absolute Gasteiger partial charge is 0.378 e. The minimum Gasteiger partial charge on any atom is -0.378 e. The van der Waals surface area contributed by atoms with Crippen molar-refractivity contribution in [2.45, 2.75) is 6.04 Å². The smallest absolute Gasteiger partial charge is 0.168 e. The Balaban J connectivity index is 1.70. The van der Waals surface area contributed by atoms with Crippen LogP contribution in [-0.4, -0.2) is 52.1 Å². The lowest BCUT2D eigenvalue weighted by Gasteiger charge is -2.16. The Hall–Kier alpha value is -2.58. The van der Waals surface area contributed by atoms with Crippen molar-refractivity contribution in [3.05, 3.63) is 42.6 Å². The minimum absolute atomic E-state index is 0.0995. The Morgan fingerprint density at radius 2 is 2.21 bits per heavy atom. The normalized spacial score (nSPS) is 18.5. The summed E-state index contributed by atoms with van der Waals surface area (Å²) < 4.78 is 21.1. The molecular weight excluding hydrogens is 311 g/mol. The lowest BCUT2D eigenvalue weighted by atomic mass is 10.3. The van der Waals surface area contributed by atoms with E-state index in [2.05, 4.69) is 25.7 Å². The molecule has 0 amide bonds. The molecule has 0 saturated carbocycles. The van der Waals surface area contributed by atoms with Crippen molar-refractivity contribution < 1.29 is 9.13 Å². The van der Waals surface area contributed by atoms with Crippen LogP contribution in [0.3, 0.4) is 0 Å². The third-order valence-corrected chi connectivity index (χ3v) is 3.92. The highest BCUT2D eigenvalue weighted by Gasteiger charge is 2.17. The van der Waals surface area contributed by atoms with E-state index in [1.165, 1.54) is 17.1 Å². The second-order valence-corrected chi connectivity index (χ2v) is 5.59. The molecule has 2 aromatic heterocycles. The molecule has 1 aliphatic heterocycles. The zero-order valence-electron chi connectivity index (χ0n) is 12.9. The lowest BCUT2D eigenvalue weighted by Crippen LogP contribution is -2.34. The average Bonchev–Trinajstić information content (AvgIpc) is 2.86. The fourth-order valence-electron chi connectivity index (χ4n) is 2.75. The number of nitrogens with one attached hydrogen (secondary N) is 2. The number of aromatic nitrogens is 4. The Morgan fingerprint density at radius 3 is 3.12 bits per heavy atom. The van der Waals surface area contributed by atoms with E-state index in [4.69, 9.17) is 4.74 Å². The lowest BCUT2D eigenvalue weighted by molar-refractivity contribution is 0.145. The van der Waals surface area contributed by atoms with Gasteiger partial charge in [-0.3, -0.25) is 0 Å². The number of nitrogens with zero attached hydrogens (tertiary/aromatic N) is 4. The molecule has 1 fully saturated rings. The van der Waals surface area contributed by atoms with Crippen LogP contribution in [0, 0.1) is 5.82 Å². The first-order valence-corrected chi connectivity index (χ1v) is 7.81. The van der Waals surface area contributed by atoms with E-state index in [1.54, 1.807) is 24.4 Å². The van der Waals surface area contributed by atoms with Crippen LogP contribution in [0.15, 0.2) is 36.8 Å². The van der Waals surface area contributed by atoms with E-state index < -0.39 is 0 Å². The molecule has 0 spiro atoms. The van der Waals surface area contributed by atoms with Crippen molar-refractivity contribution in [2.75, 3.05) is 31.6 Å². The van der Waals surface area contributed by atoms with E-state index in [9.17, 15) is 4.39 Å². The van der Waals surface area contributed by atoms with Gasteiger partial charge in [0.25, 0.3) is 0 Å². The molecule has 4 rings (SSSR count). The second-order valence-electron chi connectivity index (χ2n) is 5.59. The summed E-state index contributed by atoms with van der Waals surface area (Å²) in [7, 11) is 0. The van der Waals surface area contributed by atoms with Gasteiger partial charge in [-0.1, -0.05) is 12.1 Å². The molecule has 3 aromatic rings. The fraction of sp³-hybridized carbons (Fsp3) is 0.312. The zero-order chi connectivity index (χ0) is 16.4. The van der Waals surface area contributed by atoms with Crippen LogP contribution in [0.4, 0.5) is 10.2 Å². The van der Waals surface area contributed by atoms with Crippen molar-refractivity contribution in [3.63, 3.8) is 0 Å². The van der Waals surface area contributed by atoms with Gasteiger partial charge in [0.1, 0.15) is 23.6 Å². The molecule has 8 heteroatoms. The molecule has 1 atom stereocenters. The second kappa shape index (κ2) is 6.50. The van der Waals surface area contributed by atoms with Crippen molar-refractivity contribution in [3.8, 4) is 5.69 Å². The molecule has 1 unspecified atom stereocenters. The Labute approximate surface area is 137 Å². The van der Waals surface area contributed by atoms with Gasteiger partial charge < -0.3 is 15.4 Å². The number of rotatable bonds is 3. The molecule has 0 radical (unpaired) electrons. The van der Waals surface area contributed by atoms with Gasteiger partial charge in [0.2, 0.25) is 0 Å². The van der Waals surface area contributed by atoms with E-state index in [1.807, 2.05) is 0 Å². The summed E-state index contributed by atoms with van der Waals surface area (Å²) in [5, 5.41) is 11.7. The number of halogens is 1. The van der Waals surface area contributed by atoms with Crippen LogP contribution in [0.1, 0.15) is 0 Å². The summed E-state index contributed by atoms with van der Waals surface area (Å²) in [6, 6.07) is 6.58. The quantitative estimate of drug-likeness (QED) is 0.756. The van der Waals surface area contributed by atoms with E-state index in [0.717, 1.165) is 18.5 Å². The van der Waals surface area contributed by atoms with Crippen molar-refractivity contribution >= 4 is 16.9 Å². The maximum Gasteiger partial charge on any atom is 0.168 e. The van der Waals surface area contributed by atoms with Crippen LogP contribution in [-0.2, 0) is 4.74 Å². The third-order valence-electron chi connectivity index (χ3n) is 3.92. The van der Waals surface area contributed by atoms with E-state index in [-0.39, 0.29) is 11.9 Å². The number of para-hydroxylation sites is 1. The van der Waals surface area contributed by atoms with Crippen molar-refractivity contribution in [1.29, 1.82) is 0 Å². The van der Waals surface area contributed by atoms with E-state index in [0.29, 0.717) is 30.4 Å². The third kappa shape index (κ3) is 2.81. The van der Waals surface area contributed by atoms with Gasteiger partial charge in [0.15, 0.2) is 5.65 Å². The van der Waals surface area contributed by atoms with Crippen LogP contribution in [0.2, 0.25) is 0 Å². The Kier molecular flexibility index (Phi) is 4.06. The highest BCUT2D eigenvalue weighted by Crippen LogP contribution is 2.23. The molecule has 2 N–H and O–H groups in total. The average molecular weight is 328 g/mol. The Morgan fingerprint density at radius 1 is 1.29 bits per heavy atom. The van der Waals surface area contributed by atoms with Gasteiger partial charge in [0, 0.05) is 13.1 Å². The summed E-state index contributed by atoms with van der Waals surface area (Å²) in [6.07, 6.45) is 3.10. The predicted octanol–water partition coefficient (Wildman–Crippen LogP) is 1.35. The number of hydrogen-bond donors (Lipinski definition) is 2. The summed E-state index contributed by atoms with van der Waals surface area (Å²) in [5.41, 5.74) is 0.914. The summed E-state index contributed by atoms with van der Waals surface area (Å²) in [6.45, 7) is 2.91. The van der Waals surface area contributed by atoms with Crippen LogP contribution < -0.4 is 10.6 Å². The van der Waals surface area contributed by atoms with Gasteiger partial charge in [-0.15, -0.1) is 0 Å². The SMILES string of the molecule is Fc1ccccc1-n1ncc2c(NC3CNCCOC3)ncnc21. The predicted molar refractivity (Wildman–Crippen MR) is 87.7 cm³/mol. The van der Waals surface area contributed by atoms with Crippen molar-refractivity contribution in [2.24, 2.45) is 0 Å². The molecule has 3 heterocycles. The van der Waals surface area contributed by atoms with Crippen LogP contribution in [0.5, 0.6) is 0 Å². The standard InChI is InChI=1S/C16H17FN6O/c17-13-3-1-2-4-14(13)23-16-12(8-21-23)15(19-10-20-16)22-11-7-18-5-6-24-9-11/h1-4,8,10-11,18H,5-7,9H2,(H,19,20,22). The summed E-state index contributed by atoms with van der Waals surface area (Å²) in [5.74, 6) is 0.317. The fourth-order valence-corrected chi connectivity index (χ4v) is 2.75. The van der Waals surface area contributed by atoms with Gasteiger partial charge >= 0.3 is 0 Å². The molecule has 1 saturated heterocycles. The number of hydrogen-bond acceptors (Lipinski definition) is 6. The van der Waals surface area contributed by atoms with Gasteiger partial charge in [-0.05, 0) is 12.1 Å². The summed E-state index contributed by atoms with van der Waals surface area (Å²) >= 11 is 0. The molecule has 1 aromatic carbocycles. The van der Waals surface area contributed by atoms with Crippen LogP contribution >= 0.6 is 0 Å². The van der Waals surface area contributed by atoms with Crippen LogP contribution in [0.25, 0.3) is 16.7 Å². The van der Waals surface area contributed by atoms with Gasteiger partial charge in [0.05, 0.1) is 30.8 Å². The van der Waals surface area contributed by atoms with E-state index >= 15 is 0 Å². The topological polar surface area (TPSA) is 76.9 Å². The number of benzene rings is 1. The molecule has 24 heavy (non-hydrogen) atoms. The molecule has 124 valence electrons. The molecular formula is C16H17FN6O. The maximum absolute atomic E-state index is 14.1. The number of fused-ring (bicyclic) bond motifs is 1. The summed E-state index contributed by atoms with van der Waals surface area (Å²) in [4.78, 5) is 8.58. The number of ether oxygens (including phenoxy) is 1. The first kappa shape index (κ1) is 15.0. The zero-order valence-corrected chi connectivity index (χ0v) is 12.9. The number of anilines is 1. The molecule has 7 nitrogen and oxygen atoms in total. The first-order chi connectivity index (χ1) is 11.8. The maximum atomic E-state index is 14.1.